The molecule has 0 amide bonds. The minimum Gasteiger partial charge on any atom is -0.323 e. The van der Waals surface area contributed by atoms with Crippen molar-refractivity contribution in [3.8, 4) is 0 Å². The Morgan fingerprint density at radius 2 is 2.26 bits per heavy atom. The van der Waals surface area contributed by atoms with Crippen molar-refractivity contribution in [3.63, 3.8) is 0 Å². The zero-order chi connectivity index (χ0) is 14.0. The van der Waals surface area contributed by atoms with Gasteiger partial charge in [-0.25, -0.2) is 0 Å². The summed E-state index contributed by atoms with van der Waals surface area (Å²) in [6, 6.07) is 2.37. The molecule has 0 fully saturated rings. The summed E-state index contributed by atoms with van der Waals surface area (Å²) in [5.41, 5.74) is 0.0206. The molecule has 0 bridgehead atoms. The number of nitrogens with one attached hydrogen (secondary N) is 1. The van der Waals surface area contributed by atoms with Crippen LogP contribution in [0.1, 0.15) is 20.3 Å². The Morgan fingerprint density at radius 1 is 1.53 bits per heavy atom. The van der Waals surface area contributed by atoms with E-state index in [0.29, 0.717) is 17.4 Å². The largest absolute Gasteiger partial charge is 0.323 e. The molecule has 104 valence electrons. The maximum atomic E-state index is 12.3. The zero-order valence-corrected chi connectivity index (χ0v) is 13.1. The van der Waals surface area contributed by atoms with Crippen molar-refractivity contribution >= 4 is 33.8 Å². The lowest BCUT2D eigenvalue weighted by atomic mass is 10.3. The van der Waals surface area contributed by atoms with Crippen LogP contribution in [0.15, 0.2) is 16.2 Å². The van der Waals surface area contributed by atoms with E-state index in [9.17, 15) is 4.79 Å². The number of thiophene rings is 1. The lowest BCUT2D eigenvalue weighted by Gasteiger charge is -2.20. The van der Waals surface area contributed by atoms with Crippen LogP contribution < -0.4 is 5.56 Å². The van der Waals surface area contributed by atoms with Gasteiger partial charge < -0.3 is 9.88 Å². The van der Waals surface area contributed by atoms with Crippen LogP contribution in [-0.2, 0) is 6.54 Å². The van der Waals surface area contributed by atoms with E-state index in [0.717, 1.165) is 23.2 Å². The lowest BCUT2D eigenvalue weighted by Crippen LogP contribution is -2.29. The molecule has 0 spiro atoms. The molecule has 1 N–H and O–H groups in total. The number of nitrogens with zero attached hydrogens (tertiary/aromatic N) is 2. The molecule has 0 radical (unpaired) electrons. The molecular weight excluding hydrogens is 278 g/mol. The Kier molecular flexibility index (Phi) is 4.54. The highest BCUT2D eigenvalue weighted by Crippen LogP contribution is 2.14. The van der Waals surface area contributed by atoms with Gasteiger partial charge in [0.15, 0.2) is 4.77 Å². The Balaban J connectivity index is 2.17. The average molecular weight is 297 g/mol. The Bertz CT molecular complexity index is 668. The number of H-pyrrole nitrogens is 1. The highest BCUT2D eigenvalue weighted by Gasteiger charge is 2.07. The summed E-state index contributed by atoms with van der Waals surface area (Å²) in [6.45, 7) is 5.95. The molecule has 0 aliphatic carbocycles. The Hall–Kier alpha value is -0.980. The van der Waals surface area contributed by atoms with Crippen molar-refractivity contribution in [2.45, 2.75) is 32.9 Å². The molecule has 0 aliphatic heterocycles. The first kappa shape index (κ1) is 14.4. The van der Waals surface area contributed by atoms with Crippen molar-refractivity contribution in [1.29, 1.82) is 0 Å². The van der Waals surface area contributed by atoms with E-state index in [1.807, 2.05) is 11.4 Å². The van der Waals surface area contributed by atoms with Gasteiger partial charge in [-0.1, -0.05) is 0 Å². The van der Waals surface area contributed by atoms with E-state index in [1.54, 1.807) is 4.57 Å². The topological polar surface area (TPSA) is 41.0 Å². The van der Waals surface area contributed by atoms with E-state index in [4.69, 9.17) is 12.2 Å². The number of hydrogen-bond acceptors (Lipinski definition) is 4. The van der Waals surface area contributed by atoms with Crippen LogP contribution in [0, 0.1) is 4.77 Å². The fourth-order valence-corrected chi connectivity index (χ4v) is 3.04. The number of aromatic amines is 1. The summed E-state index contributed by atoms with van der Waals surface area (Å²) in [5.74, 6) is 0. The lowest BCUT2D eigenvalue weighted by molar-refractivity contribution is 0.265. The van der Waals surface area contributed by atoms with Crippen LogP contribution in [-0.4, -0.2) is 34.1 Å². The van der Waals surface area contributed by atoms with Gasteiger partial charge in [-0.3, -0.25) is 9.36 Å². The molecule has 2 rings (SSSR count). The third-order valence-electron chi connectivity index (χ3n) is 3.38. The van der Waals surface area contributed by atoms with Gasteiger partial charge in [-0.2, -0.15) is 0 Å². The van der Waals surface area contributed by atoms with Crippen LogP contribution in [0.5, 0.6) is 0 Å². The van der Waals surface area contributed by atoms with Gasteiger partial charge in [0, 0.05) is 12.6 Å². The maximum Gasteiger partial charge on any atom is 0.263 e. The van der Waals surface area contributed by atoms with Crippen molar-refractivity contribution in [3.05, 3.63) is 26.6 Å². The van der Waals surface area contributed by atoms with Gasteiger partial charge in [0.25, 0.3) is 5.56 Å². The molecule has 6 heteroatoms. The maximum absolute atomic E-state index is 12.3. The van der Waals surface area contributed by atoms with E-state index in [1.165, 1.54) is 11.3 Å². The monoisotopic (exact) mass is 297 g/mol. The van der Waals surface area contributed by atoms with E-state index < -0.39 is 0 Å². The van der Waals surface area contributed by atoms with Gasteiger partial charge in [-0.15, -0.1) is 11.3 Å². The van der Waals surface area contributed by atoms with Crippen LogP contribution in [0.3, 0.4) is 0 Å². The highest BCUT2D eigenvalue weighted by molar-refractivity contribution is 7.71. The summed E-state index contributed by atoms with van der Waals surface area (Å²) in [6.07, 6.45) is 0.918. The smallest absolute Gasteiger partial charge is 0.263 e. The molecular formula is C13H19N3OS2. The van der Waals surface area contributed by atoms with E-state index in [2.05, 4.69) is 30.8 Å². The minimum absolute atomic E-state index is 0.0206. The zero-order valence-electron chi connectivity index (χ0n) is 11.5. The van der Waals surface area contributed by atoms with Crippen molar-refractivity contribution < 1.29 is 0 Å². The van der Waals surface area contributed by atoms with Crippen LogP contribution in [0.25, 0.3) is 10.2 Å². The van der Waals surface area contributed by atoms with Gasteiger partial charge in [0.2, 0.25) is 0 Å². The molecule has 19 heavy (non-hydrogen) atoms. The summed E-state index contributed by atoms with van der Waals surface area (Å²) >= 11 is 6.78. The second-order valence-corrected chi connectivity index (χ2v) is 6.28. The number of fused-ring (bicyclic) bond motifs is 1. The third kappa shape index (κ3) is 3.13. The average Bonchev–Trinajstić information content (AvgIpc) is 2.81. The molecule has 2 heterocycles. The van der Waals surface area contributed by atoms with E-state index in [-0.39, 0.29) is 5.56 Å². The van der Waals surface area contributed by atoms with Crippen LogP contribution in [0.4, 0.5) is 0 Å². The quantitative estimate of drug-likeness (QED) is 0.863. The predicted molar refractivity (Wildman–Crippen MR) is 83.7 cm³/mol. The molecule has 2 aromatic heterocycles. The molecule has 4 nitrogen and oxygen atoms in total. The molecule has 0 atom stereocenters. The molecule has 0 aliphatic rings. The molecule has 0 unspecified atom stereocenters. The van der Waals surface area contributed by atoms with Crippen molar-refractivity contribution in [2.75, 3.05) is 13.6 Å². The summed E-state index contributed by atoms with van der Waals surface area (Å²) in [7, 11) is 2.09. The number of aromatic nitrogens is 2. The standard InChI is InChI=1S/C13H19N3OS2/c1-9(2)15(3)6-4-7-16-12(17)10-5-8-19-11(10)14-13(16)18/h5,8-9H,4,6-7H2,1-3H3,(H,14,18). The summed E-state index contributed by atoms with van der Waals surface area (Å²) in [4.78, 5) is 18.5. The van der Waals surface area contributed by atoms with Gasteiger partial charge in [0.05, 0.1) is 5.39 Å². The van der Waals surface area contributed by atoms with Gasteiger partial charge in [0.1, 0.15) is 4.83 Å². The fraction of sp³-hybridized carbons (Fsp3) is 0.538. The Morgan fingerprint density at radius 3 is 2.95 bits per heavy atom. The third-order valence-corrected chi connectivity index (χ3v) is 4.53. The predicted octanol–water partition coefficient (Wildman–Crippen LogP) is 2.85. The first-order valence-electron chi connectivity index (χ1n) is 6.41. The highest BCUT2D eigenvalue weighted by atomic mass is 32.1. The second-order valence-electron chi connectivity index (χ2n) is 4.98. The van der Waals surface area contributed by atoms with Crippen molar-refractivity contribution in [1.82, 2.24) is 14.5 Å². The Labute approximate surface area is 121 Å². The molecule has 0 aromatic carbocycles. The first-order chi connectivity index (χ1) is 9.00. The van der Waals surface area contributed by atoms with Gasteiger partial charge in [-0.05, 0) is 57.5 Å². The fourth-order valence-electron chi connectivity index (χ4n) is 1.92. The van der Waals surface area contributed by atoms with E-state index >= 15 is 0 Å². The second kappa shape index (κ2) is 5.98. The molecule has 2 aromatic rings. The normalized spacial score (nSPS) is 11.8. The first-order valence-corrected chi connectivity index (χ1v) is 7.70. The molecule has 0 saturated heterocycles. The van der Waals surface area contributed by atoms with Crippen molar-refractivity contribution in [2.24, 2.45) is 0 Å². The SMILES string of the molecule is CC(C)N(C)CCCn1c(=S)[nH]c2sccc2c1=O. The van der Waals surface area contributed by atoms with Gasteiger partial charge >= 0.3 is 0 Å². The summed E-state index contributed by atoms with van der Waals surface area (Å²) < 4.78 is 2.19. The van der Waals surface area contributed by atoms with Crippen LogP contribution in [0.2, 0.25) is 0 Å². The summed E-state index contributed by atoms with van der Waals surface area (Å²) in [5, 5.41) is 2.64. The number of rotatable bonds is 5. The number of hydrogen-bond donors (Lipinski definition) is 1. The van der Waals surface area contributed by atoms with Crippen LogP contribution >= 0.6 is 23.6 Å². The molecule has 0 saturated carbocycles. The minimum atomic E-state index is 0.0206.